The fraction of sp³-hybridized carbons (Fsp3) is 0.600. The van der Waals surface area contributed by atoms with Crippen LogP contribution in [0.15, 0.2) is 24.3 Å². The van der Waals surface area contributed by atoms with Crippen molar-refractivity contribution in [2.24, 2.45) is 11.8 Å². The van der Waals surface area contributed by atoms with Gasteiger partial charge in [-0.25, -0.2) is 0 Å². The molecule has 1 aromatic rings. The Morgan fingerprint density at radius 3 is 2.80 bits per heavy atom. The molecule has 5 heteroatoms. The van der Waals surface area contributed by atoms with Crippen LogP contribution in [0.4, 0.5) is 0 Å². The Hall–Kier alpha value is -2.04. The molecule has 1 saturated heterocycles. The summed E-state index contributed by atoms with van der Waals surface area (Å²) < 4.78 is 5.93. The maximum Gasteiger partial charge on any atom is 0.251 e. The number of hydrogen-bond donors (Lipinski definition) is 1. The number of hydrogen-bond acceptors (Lipinski definition) is 3. The highest BCUT2D eigenvalue weighted by Gasteiger charge is 2.26. The number of piperidine rings is 1. The first kappa shape index (κ1) is 17.8. The summed E-state index contributed by atoms with van der Waals surface area (Å²) in [5.41, 5.74) is 0.643. The summed E-state index contributed by atoms with van der Waals surface area (Å²) in [4.78, 5) is 26.3. The van der Waals surface area contributed by atoms with Crippen molar-refractivity contribution >= 4 is 11.8 Å². The molecule has 0 spiro atoms. The number of rotatable bonds is 6. The van der Waals surface area contributed by atoms with Crippen molar-refractivity contribution in [1.82, 2.24) is 10.2 Å². The molecule has 1 aromatic carbocycles. The maximum absolute atomic E-state index is 12.2. The third kappa shape index (κ3) is 4.97. The number of carbonyl (C=O) groups is 2. The van der Waals surface area contributed by atoms with E-state index in [9.17, 15) is 9.59 Å². The van der Waals surface area contributed by atoms with Crippen molar-refractivity contribution < 1.29 is 14.3 Å². The minimum atomic E-state index is -0.0284. The van der Waals surface area contributed by atoms with E-state index < -0.39 is 0 Å². The molecule has 1 aliphatic carbocycles. The number of ether oxygens (including phenoxy) is 1. The van der Waals surface area contributed by atoms with E-state index in [0.29, 0.717) is 24.1 Å². The molecule has 2 fully saturated rings. The smallest absolute Gasteiger partial charge is 0.251 e. The predicted octanol–water partition coefficient (Wildman–Crippen LogP) is 2.85. The Bertz CT molecular complexity index is 625. The molecule has 25 heavy (non-hydrogen) atoms. The van der Waals surface area contributed by atoms with Gasteiger partial charge in [-0.15, -0.1) is 0 Å². The van der Waals surface area contributed by atoms with E-state index in [4.69, 9.17) is 4.74 Å². The zero-order chi connectivity index (χ0) is 17.8. The van der Waals surface area contributed by atoms with Gasteiger partial charge in [0.2, 0.25) is 5.91 Å². The van der Waals surface area contributed by atoms with Crippen molar-refractivity contribution in [3.63, 3.8) is 0 Å². The topological polar surface area (TPSA) is 58.6 Å². The van der Waals surface area contributed by atoms with Crippen molar-refractivity contribution in [2.45, 2.75) is 45.6 Å². The van der Waals surface area contributed by atoms with Gasteiger partial charge in [-0.1, -0.05) is 19.9 Å². The lowest BCUT2D eigenvalue weighted by molar-refractivity contribution is -0.136. The Morgan fingerprint density at radius 1 is 1.28 bits per heavy atom. The lowest BCUT2D eigenvalue weighted by atomic mass is 9.98. The van der Waals surface area contributed by atoms with E-state index in [1.807, 2.05) is 36.9 Å². The predicted molar refractivity (Wildman–Crippen MR) is 96.6 cm³/mol. The van der Waals surface area contributed by atoms with Crippen molar-refractivity contribution in [3.8, 4) is 5.75 Å². The first-order valence-electron chi connectivity index (χ1n) is 9.35. The van der Waals surface area contributed by atoms with Crippen molar-refractivity contribution in [3.05, 3.63) is 29.8 Å². The van der Waals surface area contributed by atoms with Crippen LogP contribution in [0.3, 0.4) is 0 Å². The Kier molecular flexibility index (Phi) is 5.61. The monoisotopic (exact) mass is 344 g/mol. The van der Waals surface area contributed by atoms with Gasteiger partial charge >= 0.3 is 0 Å². The maximum atomic E-state index is 12.2. The Balaban J connectivity index is 1.52. The van der Waals surface area contributed by atoms with E-state index >= 15 is 0 Å². The lowest BCUT2D eigenvalue weighted by Gasteiger charge is -2.33. The standard InChI is InChI=1S/C20H28N2O3/c1-14(2)20(24)22-10-4-5-15(12-22)13-25-18-7-3-6-16(11-18)19(23)21-17-8-9-17/h3,6-7,11,14-15,17H,4-5,8-10,12-13H2,1-2H3,(H,21,23). The summed E-state index contributed by atoms with van der Waals surface area (Å²) in [5, 5.41) is 2.99. The highest BCUT2D eigenvalue weighted by Crippen LogP contribution is 2.22. The van der Waals surface area contributed by atoms with Crippen LogP contribution in [0.1, 0.15) is 49.9 Å². The molecule has 136 valence electrons. The third-order valence-electron chi connectivity index (χ3n) is 4.82. The van der Waals surface area contributed by atoms with Crippen LogP contribution in [0, 0.1) is 11.8 Å². The molecule has 2 aliphatic rings. The summed E-state index contributed by atoms with van der Waals surface area (Å²) in [6.45, 7) is 6.08. The second-order valence-electron chi connectivity index (χ2n) is 7.53. The van der Waals surface area contributed by atoms with Gasteiger partial charge in [0.25, 0.3) is 5.91 Å². The molecular weight excluding hydrogens is 316 g/mol. The van der Waals surface area contributed by atoms with Gasteiger partial charge in [-0.3, -0.25) is 9.59 Å². The molecule has 0 radical (unpaired) electrons. The van der Waals surface area contributed by atoms with Crippen molar-refractivity contribution in [2.75, 3.05) is 19.7 Å². The van der Waals surface area contributed by atoms with Gasteiger partial charge in [0.05, 0.1) is 6.61 Å². The minimum Gasteiger partial charge on any atom is -0.493 e. The Morgan fingerprint density at radius 2 is 2.08 bits per heavy atom. The molecule has 2 amide bonds. The fourth-order valence-corrected chi connectivity index (χ4v) is 3.20. The van der Waals surface area contributed by atoms with E-state index in [2.05, 4.69) is 5.32 Å². The average molecular weight is 344 g/mol. The van der Waals surface area contributed by atoms with Crippen LogP contribution >= 0.6 is 0 Å². The van der Waals surface area contributed by atoms with Gasteiger partial charge < -0.3 is 15.0 Å². The highest BCUT2D eigenvalue weighted by molar-refractivity contribution is 5.94. The highest BCUT2D eigenvalue weighted by atomic mass is 16.5. The zero-order valence-electron chi connectivity index (χ0n) is 15.2. The molecule has 1 N–H and O–H groups in total. The zero-order valence-corrected chi connectivity index (χ0v) is 15.2. The first-order valence-corrected chi connectivity index (χ1v) is 9.35. The molecule has 5 nitrogen and oxygen atoms in total. The molecule has 1 unspecified atom stereocenters. The molecule has 0 bridgehead atoms. The number of nitrogens with zero attached hydrogens (tertiary/aromatic N) is 1. The number of likely N-dealkylation sites (tertiary alicyclic amines) is 1. The van der Waals surface area contributed by atoms with Gasteiger partial charge in [-0.2, -0.15) is 0 Å². The number of benzene rings is 1. The van der Waals surface area contributed by atoms with Crippen LogP contribution in [-0.2, 0) is 4.79 Å². The van der Waals surface area contributed by atoms with E-state index in [-0.39, 0.29) is 17.7 Å². The molecule has 0 aromatic heterocycles. The third-order valence-corrected chi connectivity index (χ3v) is 4.82. The normalized spacial score (nSPS) is 20.4. The molecular formula is C20H28N2O3. The largest absolute Gasteiger partial charge is 0.493 e. The van der Waals surface area contributed by atoms with E-state index in [1.165, 1.54) is 0 Å². The van der Waals surface area contributed by atoms with Crippen LogP contribution in [0.2, 0.25) is 0 Å². The number of carbonyl (C=O) groups excluding carboxylic acids is 2. The Labute approximate surface area is 149 Å². The molecule has 1 saturated carbocycles. The second-order valence-corrected chi connectivity index (χ2v) is 7.53. The SMILES string of the molecule is CC(C)C(=O)N1CCCC(COc2cccc(C(=O)NC3CC3)c2)C1. The summed E-state index contributed by atoms with van der Waals surface area (Å²) in [6.07, 6.45) is 4.25. The van der Waals surface area contributed by atoms with Gasteiger partial charge in [-0.05, 0) is 43.9 Å². The lowest BCUT2D eigenvalue weighted by Crippen LogP contribution is -2.43. The quantitative estimate of drug-likeness (QED) is 0.863. The van der Waals surface area contributed by atoms with Gasteiger partial charge in [0, 0.05) is 36.5 Å². The summed E-state index contributed by atoms with van der Waals surface area (Å²) in [6, 6.07) is 7.70. The van der Waals surface area contributed by atoms with Crippen LogP contribution in [0.5, 0.6) is 5.75 Å². The fourth-order valence-electron chi connectivity index (χ4n) is 3.20. The summed E-state index contributed by atoms with van der Waals surface area (Å²) in [5.74, 6) is 1.31. The van der Waals surface area contributed by atoms with E-state index in [0.717, 1.165) is 44.5 Å². The summed E-state index contributed by atoms with van der Waals surface area (Å²) in [7, 11) is 0. The molecule has 1 atom stereocenters. The molecule has 1 heterocycles. The summed E-state index contributed by atoms with van der Waals surface area (Å²) >= 11 is 0. The minimum absolute atomic E-state index is 0.0284. The number of amides is 2. The van der Waals surface area contributed by atoms with Crippen LogP contribution in [-0.4, -0.2) is 42.5 Å². The van der Waals surface area contributed by atoms with E-state index in [1.54, 1.807) is 6.07 Å². The molecule has 3 rings (SSSR count). The van der Waals surface area contributed by atoms with Gasteiger partial charge in [0.15, 0.2) is 0 Å². The average Bonchev–Trinajstić information content (AvgIpc) is 3.43. The van der Waals surface area contributed by atoms with Crippen LogP contribution in [0.25, 0.3) is 0 Å². The van der Waals surface area contributed by atoms with Crippen LogP contribution < -0.4 is 10.1 Å². The van der Waals surface area contributed by atoms with Gasteiger partial charge in [0.1, 0.15) is 5.75 Å². The second kappa shape index (κ2) is 7.89. The molecule has 1 aliphatic heterocycles. The number of nitrogens with one attached hydrogen (secondary N) is 1. The first-order chi connectivity index (χ1) is 12.0. The van der Waals surface area contributed by atoms with Crippen molar-refractivity contribution in [1.29, 1.82) is 0 Å².